The number of methoxy groups -OCH3 is 1. The van der Waals surface area contributed by atoms with Gasteiger partial charge in [-0.2, -0.15) is 0 Å². The normalized spacial score (nSPS) is 13.5. The van der Waals surface area contributed by atoms with E-state index in [9.17, 15) is 13.2 Å². The van der Waals surface area contributed by atoms with Crippen LogP contribution in [0.4, 0.5) is 0 Å². The molecule has 1 aliphatic heterocycles. The van der Waals surface area contributed by atoms with Crippen molar-refractivity contribution < 1.29 is 27.4 Å². The lowest BCUT2D eigenvalue weighted by Gasteiger charge is -2.11. The molecule has 0 aliphatic carbocycles. The quantitative estimate of drug-likeness (QED) is 0.626. The van der Waals surface area contributed by atoms with Crippen LogP contribution in [0.3, 0.4) is 0 Å². The van der Waals surface area contributed by atoms with E-state index in [4.69, 9.17) is 14.2 Å². The van der Waals surface area contributed by atoms with Gasteiger partial charge < -0.3 is 19.5 Å². The summed E-state index contributed by atoms with van der Waals surface area (Å²) in [7, 11) is -2.13. The van der Waals surface area contributed by atoms with Crippen molar-refractivity contribution in [2.75, 3.05) is 26.9 Å². The van der Waals surface area contributed by atoms with E-state index in [0.717, 1.165) is 17.5 Å². The Balaban J connectivity index is 1.48. The third kappa shape index (κ3) is 6.19. The van der Waals surface area contributed by atoms with E-state index in [2.05, 4.69) is 10.0 Å². The van der Waals surface area contributed by atoms with E-state index >= 15 is 0 Å². The van der Waals surface area contributed by atoms with Gasteiger partial charge in [0.05, 0.1) is 24.7 Å². The predicted octanol–water partition coefficient (Wildman–Crippen LogP) is 1.98. The Morgan fingerprint density at radius 3 is 2.63 bits per heavy atom. The van der Waals surface area contributed by atoms with Crippen LogP contribution >= 0.6 is 0 Å². The summed E-state index contributed by atoms with van der Waals surface area (Å²) in [6, 6.07) is 12.2. The van der Waals surface area contributed by atoms with Gasteiger partial charge in [-0.15, -0.1) is 0 Å². The summed E-state index contributed by atoms with van der Waals surface area (Å²) in [4.78, 5) is 12.1. The first-order valence-electron chi connectivity index (χ1n) is 9.71. The van der Waals surface area contributed by atoms with Gasteiger partial charge in [0.2, 0.25) is 15.9 Å². The highest BCUT2D eigenvalue weighted by molar-refractivity contribution is 7.89. The molecule has 0 bridgehead atoms. The lowest BCUT2D eigenvalue weighted by atomic mass is 10.1. The van der Waals surface area contributed by atoms with Crippen LogP contribution in [0.25, 0.3) is 0 Å². The average molecular weight is 435 g/mol. The van der Waals surface area contributed by atoms with E-state index in [1.165, 1.54) is 12.1 Å². The molecule has 2 aromatic rings. The summed E-state index contributed by atoms with van der Waals surface area (Å²) < 4.78 is 43.6. The van der Waals surface area contributed by atoms with Gasteiger partial charge in [0, 0.05) is 39.1 Å². The van der Waals surface area contributed by atoms with Gasteiger partial charge in [-0.25, -0.2) is 13.1 Å². The van der Waals surface area contributed by atoms with Crippen molar-refractivity contribution in [3.8, 4) is 11.5 Å². The molecule has 8 nitrogen and oxygen atoms in total. The van der Waals surface area contributed by atoms with E-state index in [0.29, 0.717) is 37.9 Å². The first-order chi connectivity index (χ1) is 14.5. The third-order valence-corrected chi connectivity index (χ3v) is 5.92. The molecular weight excluding hydrogens is 408 g/mol. The second kappa shape index (κ2) is 10.4. The number of nitrogens with one attached hydrogen (secondary N) is 2. The molecule has 0 saturated heterocycles. The maximum Gasteiger partial charge on any atom is 0.240 e. The molecule has 0 fully saturated rings. The Morgan fingerprint density at radius 1 is 1.07 bits per heavy atom. The van der Waals surface area contributed by atoms with Crippen LogP contribution in [0.2, 0.25) is 0 Å². The van der Waals surface area contributed by atoms with Gasteiger partial charge in [-0.05, 0) is 23.3 Å². The molecular formula is C21H26N2O6S. The van der Waals surface area contributed by atoms with Gasteiger partial charge >= 0.3 is 0 Å². The molecule has 0 radical (unpaired) electrons. The molecule has 2 N–H and O–H groups in total. The molecule has 0 atom stereocenters. The van der Waals surface area contributed by atoms with Crippen molar-refractivity contribution in [2.24, 2.45) is 0 Å². The minimum atomic E-state index is -3.76. The average Bonchev–Trinajstić information content (AvgIpc) is 2.97. The van der Waals surface area contributed by atoms with Crippen molar-refractivity contribution in [3.63, 3.8) is 0 Å². The van der Waals surface area contributed by atoms with Crippen LogP contribution in [0.15, 0.2) is 47.4 Å². The van der Waals surface area contributed by atoms with Crippen LogP contribution in [0, 0.1) is 0 Å². The van der Waals surface area contributed by atoms with Crippen molar-refractivity contribution in [3.05, 3.63) is 53.6 Å². The van der Waals surface area contributed by atoms with Crippen LogP contribution in [-0.2, 0) is 32.7 Å². The molecule has 162 valence electrons. The van der Waals surface area contributed by atoms with Gasteiger partial charge in [-0.3, -0.25) is 4.79 Å². The zero-order valence-electron chi connectivity index (χ0n) is 16.8. The zero-order valence-corrected chi connectivity index (χ0v) is 17.7. The molecule has 2 aromatic carbocycles. The molecule has 0 spiro atoms. The van der Waals surface area contributed by atoms with Crippen molar-refractivity contribution in [1.29, 1.82) is 0 Å². The number of benzene rings is 2. The topological polar surface area (TPSA) is 103 Å². The summed E-state index contributed by atoms with van der Waals surface area (Å²) in [6.45, 7) is 1.86. The van der Waals surface area contributed by atoms with Crippen molar-refractivity contribution in [2.45, 2.75) is 30.9 Å². The fraction of sp³-hybridized carbons (Fsp3) is 0.381. The van der Waals surface area contributed by atoms with E-state index in [1.54, 1.807) is 13.2 Å². The number of amides is 1. The molecule has 3 rings (SSSR count). The number of hydrogen-bond donors (Lipinski definition) is 2. The van der Waals surface area contributed by atoms with E-state index in [-0.39, 0.29) is 23.8 Å². The Morgan fingerprint density at radius 2 is 1.83 bits per heavy atom. The van der Waals surface area contributed by atoms with Gasteiger partial charge in [-0.1, -0.05) is 24.3 Å². The zero-order chi connectivity index (χ0) is 21.4. The fourth-order valence-corrected chi connectivity index (χ4v) is 4.02. The van der Waals surface area contributed by atoms with Gasteiger partial charge in [0.1, 0.15) is 0 Å². The van der Waals surface area contributed by atoms with Crippen molar-refractivity contribution >= 4 is 15.9 Å². The number of rotatable bonds is 9. The Kier molecular flexibility index (Phi) is 7.67. The first-order valence-corrected chi connectivity index (χ1v) is 11.2. The van der Waals surface area contributed by atoms with Gasteiger partial charge in [0.25, 0.3) is 0 Å². The second-order valence-electron chi connectivity index (χ2n) is 6.84. The number of fused-ring (bicyclic) bond motifs is 1. The standard InChI is InChI=1S/C21H26N2O6S/c1-27-15-17-5-2-4-16(12-17)14-22-21(24)8-9-23-30(25,26)18-6-7-19-20(13-18)29-11-3-10-28-19/h2,4-7,12-13,23H,3,8-11,14-15H2,1H3,(H,22,24). The lowest BCUT2D eigenvalue weighted by molar-refractivity contribution is -0.121. The maximum absolute atomic E-state index is 12.5. The summed E-state index contributed by atoms with van der Waals surface area (Å²) in [5, 5.41) is 2.79. The molecule has 9 heteroatoms. The highest BCUT2D eigenvalue weighted by Gasteiger charge is 2.18. The maximum atomic E-state index is 12.5. The summed E-state index contributed by atoms with van der Waals surface area (Å²) >= 11 is 0. The molecule has 0 saturated carbocycles. The molecule has 0 aromatic heterocycles. The number of carbonyl (C=O) groups is 1. The Bertz CT molecular complexity index is 977. The minimum Gasteiger partial charge on any atom is -0.490 e. The minimum absolute atomic E-state index is 0.00762. The molecule has 1 amide bonds. The lowest BCUT2D eigenvalue weighted by Crippen LogP contribution is -2.30. The van der Waals surface area contributed by atoms with Crippen LogP contribution in [0.1, 0.15) is 24.0 Å². The van der Waals surface area contributed by atoms with E-state index in [1.807, 2.05) is 24.3 Å². The van der Waals surface area contributed by atoms with Crippen molar-refractivity contribution in [1.82, 2.24) is 10.0 Å². The molecule has 1 aliphatic rings. The summed E-state index contributed by atoms with van der Waals surface area (Å²) in [5.74, 6) is 0.692. The highest BCUT2D eigenvalue weighted by atomic mass is 32.2. The summed E-state index contributed by atoms with van der Waals surface area (Å²) in [6.07, 6.45) is 0.766. The molecule has 30 heavy (non-hydrogen) atoms. The molecule has 0 unspecified atom stereocenters. The van der Waals surface area contributed by atoms with Gasteiger partial charge in [0.15, 0.2) is 11.5 Å². The first kappa shape index (κ1) is 22.1. The predicted molar refractivity (Wildman–Crippen MR) is 111 cm³/mol. The monoisotopic (exact) mass is 434 g/mol. The largest absolute Gasteiger partial charge is 0.490 e. The number of sulfonamides is 1. The fourth-order valence-electron chi connectivity index (χ4n) is 2.98. The second-order valence-corrected chi connectivity index (χ2v) is 8.60. The van der Waals surface area contributed by atoms with Crippen LogP contribution in [-0.4, -0.2) is 41.2 Å². The number of carbonyl (C=O) groups excluding carboxylic acids is 1. The third-order valence-electron chi connectivity index (χ3n) is 4.47. The van der Waals surface area contributed by atoms with Crippen LogP contribution < -0.4 is 19.5 Å². The molecule has 1 heterocycles. The Labute approximate surface area is 176 Å². The van der Waals surface area contributed by atoms with Crippen LogP contribution in [0.5, 0.6) is 11.5 Å². The van der Waals surface area contributed by atoms with E-state index < -0.39 is 10.0 Å². The Hall–Kier alpha value is -2.62. The number of hydrogen-bond acceptors (Lipinski definition) is 6. The smallest absolute Gasteiger partial charge is 0.240 e. The summed E-state index contributed by atoms with van der Waals surface area (Å²) in [5.41, 5.74) is 1.97. The highest BCUT2D eigenvalue weighted by Crippen LogP contribution is 2.31. The number of ether oxygens (including phenoxy) is 3. The SMILES string of the molecule is COCc1cccc(CNC(=O)CCNS(=O)(=O)c2ccc3c(c2)OCCCO3)c1.